The number of carbonyl (C=O) groups is 1. The molecule has 208 valence electrons. The lowest BCUT2D eigenvalue weighted by Crippen LogP contribution is -2.42. The molecule has 1 unspecified atom stereocenters. The van der Waals surface area contributed by atoms with Gasteiger partial charge < -0.3 is 34.5 Å². The monoisotopic (exact) mass is 537 g/mol. The van der Waals surface area contributed by atoms with Gasteiger partial charge >= 0.3 is 0 Å². The lowest BCUT2D eigenvalue weighted by molar-refractivity contribution is 0.0209. The number of hydrogen-bond acceptors (Lipinski definition) is 11. The van der Waals surface area contributed by atoms with Gasteiger partial charge in [-0.1, -0.05) is 6.07 Å². The van der Waals surface area contributed by atoms with Crippen LogP contribution in [-0.2, 0) is 24.3 Å². The van der Waals surface area contributed by atoms with Gasteiger partial charge in [-0.05, 0) is 36.6 Å². The van der Waals surface area contributed by atoms with Gasteiger partial charge in [-0.15, -0.1) is 0 Å². The Kier molecular flexibility index (Phi) is 8.54. The molecule has 39 heavy (non-hydrogen) atoms. The highest BCUT2D eigenvalue weighted by molar-refractivity contribution is 5.93. The van der Waals surface area contributed by atoms with Crippen LogP contribution in [0.25, 0.3) is 0 Å². The fourth-order valence-corrected chi connectivity index (χ4v) is 4.43. The van der Waals surface area contributed by atoms with E-state index < -0.39 is 6.10 Å². The summed E-state index contributed by atoms with van der Waals surface area (Å²) in [6.07, 6.45) is 3.16. The Hall–Kier alpha value is -3.74. The predicted molar refractivity (Wildman–Crippen MR) is 144 cm³/mol. The van der Waals surface area contributed by atoms with Gasteiger partial charge in [0.05, 0.1) is 31.6 Å². The van der Waals surface area contributed by atoms with E-state index in [2.05, 4.69) is 42.6 Å². The fourth-order valence-electron chi connectivity index (χ4n) is 4.43. The number of nitrogens with one attached hydrogen (secondary N) is 2. The van der Waals surface area contributed by atoms with Crippen molar-refractivity contribution < 1.29 is 23.8 Å². The Morgan fingerprint density at radius 3 is 2.90 bits per heavy atom. The highest BCUT2D eigenvalue weighted by Gasteiger charge is 2.22. The number of nitrogens with zero attached hydrogens (tertiary/aromatic N) is 5. The third kappa shape index (κ3) is 7.02. The lowest BCUT2D eigenvalue weighted by atomic mass is 9.99. The molecule has 2 aliphatic rings. The number of β-amino-alcohol motifs (C(OH)–C–C–N with tert-alkyl or cyclic N) is 1. The number of aromatic nitrogens is 3. The van der Waals surface area contributed by atoms with E-state index >= 15 is 0 Å². The number of anilines is 2. The molecule has 1 amide bonds. The van der Waals surface area contributed by atoms with E-state index in [0.717, 1.165) is 25.3 Å². The Morgan fingerprint density at radius 1 is 1.28 bits per heavy atom. The maximum absolute atomic E-state index is 12.9. The normalized spacial score (nSPS) is 16.2. The number of hydrogen-bond donors (Lipinski definition) is 3. The molecule has 0 spiro atoms. The average molecular weight is 538 g/mol. The van der Waals surface area contributed by atoms with E-state index in [1.54, 1.807) is 12.3 Å². The van der Waals surface area contributed by atoms with Crippen LogP contribution in [0.4, 0.5) is 11.8 Å². The number of carbonyl (C=O) groups excluding carboxylic acids is 1. The molecule has 1 fully saturated rings. The molecule has 0 aliphatic carbocycles. The van der Waals surface area contributed by atoms with Crippen LogP contribution in [0.5, 0.6) is 5.75 Å². The van der Waals surface area contributed by atoms with Gasteiger partial charge in [0.15, 0.2) is 12.2 Å². The summed E-state index contributed by atoms with van der Waals surface area (Å²) in [5.41, 5.74) is 2.69. The fraction of sp³-hybridized carbons (Fsp3) is 0.481. The molecular formula is C27H35N7O5. The predicted octanol–water partition coefficient (Wildman–Crippen LogP) is 1.46. The largest absolute Gasteiger partial charge is 0.486 e. The van der Waals surface area contributed by atoms with Gasteiger partial charge in [-0.3, -0.25) is 9.69 Å². The van der Waals surface area contributed by atoms with Gasteiger partial charge in [-0.25, -0.2) is 9.97 Å². The van der Waals surface area contributed by atoms with Crippen LogP contribution in [-0.4, -0.2) is 89.5 Å². The van der Waals surface area contributed by atoms with Crippen LogP contribution in [0.1, 0.15) is 34.3 Å². The summed E-state index contributed by atoms with van der Waals surface area (Å²) < 4.78 is 16.2. The van der Waals surface area contributed by atoms with Crippen molar-refractivity contribution in [3.05, 3.63) is 59.4 Å². The van der Waals surface area contributed by atoms with Crippen molar-refractivity contribution in [2.45, 2.75) is 38.6 Å². The van der Waals surface area contributed by atoms with Gasteiger partial charge in [0, 0.05) is 45.8 Å². The van der Waals surface area contributed by atoms with Crippen molar-refractivity contribution in [2.75, 3.05) is 56.7 Å². The molecule has 2 aliphatic heterocycles. The minimum Gasteiger partial charge on any atom is -0.486 e. The SMILES string of the molecule is CCN(C)c1nc(NC2COC2)cc(C(=O)NCC(O)CN2CCc3cc(OCc4cnco4)ccc3C2)n1. The Morgan fingerprint density at radius 2 is 2.15 bits per heavy atom. The van der Waals surface area contributed by atoms with Crippen molar-refractivity contribution in [1.82, 2.24) is 25.2 Å². The summed E-state index contributed by atoms with van der Waals surface area (Å²) >= 11 is 0. The number of ether oxygens (including phenoxy) is 2. The second-order valence-corrected chi connectivity index (χ2v) is 9.87. The van der Waals surface area contributed by atoms with E-state index in [1.807, 2.05) is 24.9 Å². The van der Waals surface area contributed by atoms with Crippen molar-refractivity contribution in [3.8, 4) is 5.75 Å². The Labute approximate surface area is 227 Å². The zero-order valence-electron chi connectivity index (χ0n) is 22.3. The van der Waals surface area contributed by atoms with Crippen LogP contribution >= 0.6 is 0 Å². The molecule has 5 rings (SSSR count). The molecule has 1 atom stereocenters. The van der Waals surface area contributed by atoms with E-state index in [1.165, 1.54) is 17.5 Å². The first-order valence-electron chi connectivity index (χ1n) is 13.2. The Balaban J connectivity index is 1.12. The molecule has 0 radical (unpaired) electrons. The van der Waals surface area contributed by atoms with Crippen LogP contribution in [0.2, 0.25) is 0 Å². The molecule has 0 saturated carbocycles. The molecule has 1 aromatic carbocycles. The zero-order valence-corrected chi connectivity index (χ0v) is 22.3. The summed E-state index contributed by atoms with van der Waals surface area (Å²) in [7, 11) is 1.88. The highest BCUT2D eigenvalue weighted by atomic mass is 16.5. The first-order chi connectivity index (χ1) is 19.0. The molecule has 3 aromatic rings. The van der Waals surface area contributed by atoms with Gasteiger partial charge in [0.1, 0.15) is 23.9 Å². The van der Waals surface area contributed by atoms with Gasteiger partial charge in [0.2, 0.25) is 5.95 Å². The number of rotatable bonds is 12. The lowest BCUT2D eigenvalue weighted by Gasteiger charge is -2.30. The van der Waals surface area contributed by atoms with Crippen LogP contribution in [0, 0.1) is 0 Å². The van der Waals surface area contributed by atoms with Crippen molar-refractivity contribution in [2.24, 2.45) is 0 Å². The number of benzene rings is 1. The first-order valence-corrected chi connectivity index (χ1v) is 13.2. The van der Waals surface area contributed by atoms with E-state index in [4.69, 9.17) is 13.9 Å². The zero-order chi connectivity index (χ0) is 27.2. The minimum atomic E-state index is -0.718. The molecule has 12 nitrogen and oxygen atoms in total. The number of aliphatic hydroxyl groups excluding tert-OH is 1. The van der Waals surface area contributed by atoms with Gasteiger partial charge in [-0.2, -0.15) is 4.98 Å². The topological polar surface area (TPSA) is 138 Å². The quantitative estimate of drug-likeness (QED) is 0.310. The molecule has 2 aromatic heterocycles. The summed E-state index contributed by atoms with van der Waals surface area (Å²) in [4.78, 5) is 29.8. The maximum Gasteiger partial charge on any atom is 0.270 e. The highest BCUT2D eigenvalue weighted by Crippen LogP contribution is 2.24. The van der Waals surface area contributed by atoms with E-state index in [-0.39, 0.29) is 24.2 Å². The molecule has 4 heterocycles. The number of amides is 1. The molecule has 1 saturated heterocycles. The third-order valence-electron chi connectivity index (χ3n) is 6.85. The summed E-state index contributed by atoms with van der Waals surface area (Å²) in [6, 6.07) is 7.88. The number of aliphatic hydroxyl groups is 1. The van der Waals surface area contributed by atoms with Crippen molar-refractivity contribution in [3.63, 3.8) is 0 Å². The number of fused-ring (bicyclic) bond motifs is 1. The van der Waals surface area contributed by atoms with Gasteiger partial charge in [0.25, 0.3) is 5.91 Å². The second kappa shape index (κ2) is 12.4. The molecule has 0 bridgehead atoms. The standard InChI is InChI=1S/C27H35N7O5/c1-3-33(2)27-31-24(9-25(32-27)30-20-14-37-15-20)26(36)29-10-21(35)13-34-7-6-18-8-22(5-4-19(18)12-34)38-16-23-11-28-17-39-23/h4-5,8-9,11,17,20-21,35H,3,6-7,10,12-16H2,1-2H3,(H,29,36)(H,30,31,32). The van der Waals surface area contributed by atoms with E-state index in [0.29, 0.717) is 50.4 Å². The third-order valence-corrected chi connectivity index (χ3v) is 6.85. The van der Waals surface area contributed by atoms with E-state index in [9.17, 15) is 9.90 Å². The summed E-state index contributed by atoms with van der Waals surface area (Å²) in [6.45, 7) is 6.35. The maximum atomic E-state index is 12.9. The average Bonchev–Trinajstić information content (AvgIpc) is 3.45. The Bertz CT molecular complexity index is 1250. The summed E-state index contributed by atoms with van der Waals surface area (Å²) in [5, 5.41) is 16.8. The second-order valence-electron chi connectivity index (χ2n) is 9.87. The molecular weight excluding hydrogens is 502 g/mol. The molecule has 3 N–H and O–H groups in total. The number of oxazole rings is 1. The van der Waals surface area contributed by atoms with Crippen LogP contribution in [0.15, 0.2) is 41.3 Å². The molecule has 12 heteroatoms. The summed E-state index contributed by atoms with van der Waals surface area (Å²) in [5.74, 6) is 2.16. The minimum absolute atomic E-state index is 0.124. The van der Waals surface area contributed by atoms with Crippen LogP contribution in [0.3, 0.4) is 0 Å². The van der Waals surface area contributed by atoms with Crippen molar-refractivity contribution >= 4 is 17.7 Å². The van der Waals surface area contributed by atoms with Crippen molar-refractivity contribution in [1.29, 1.82) is 0 Å². The smallest absolute Gasteiger partial charge is 0.270 e. The van der Waals surface area contributed by atoms with Crippen LogP contribution < -0.4 is 20.3 Å². The first kappa shape index (κ1) is 26.9.